The largest absolute Gasteiger partial charge is 0.393 e. The Labute approximate surface area is 128 Å². The Morgan fingerprint density at radius 3 is 2.19 bits per heavy atom. The van der Waals surface area contributed by atoms with Crippen molar-refractivity contribution in [1.82, 2.24) is 0 Å². The molecule has 1 nitrogen and oxygen atoms in total. The van der Waals surface area contributed by atoms with Gasteiger partial charge in [-0.2, -0.15) is 0 Å². The minimum absolute atomic E-state index is 0.151. The lowest BCUT2D eigenvalue weighted by Crippen LogP contribution is -2.47. The van der Waals surface area contributed by atoms with E-state index < -0.39 is 0 Å². The Hall–Kier alpha value is -0.820. The van der Waals surface area contributed by atoms with Gasteiger partial charge in [0.2, 0.25) is 0 Å². The van der Waals surface area contributed by atoms with Gasteiger partial charge in [0.05, 0.1) is 6.10 Å². The molecule has 4 fully saturated rings. The summed E-state index contributed by atoms with van der Waals surface area (Å²) in [5, 5.41) is 10.7. The highest BCUT2D eigenvalue weighted by Gasteiger charge is 2.51. The molecule has 1 aromatic rings. The predicted octanol–water partition coefficient (Wildman–Crippen LogP) is 4.50. The second-order valence-electron chi connectivity index (χ2n) is 8.41. The number of aryl methyl sites for hydroxylation is 1. The molecule has 4 aliphatic rings. The molecular formula is C20H28O. The summed E-state index contributed by atoms with van der Waals surface area (Å²) in [5.41, 5.74) is 3.15. The Balaban J connectivity index is 1.45. The van der Waals surface area contributed by atoms with Crippen molar-refractivity contribution in [3.05, 3.63) is 35.4 Å². The van der Waals surface area contributed by atoms with E-state index in [1.807, 2.05) is 0 Å². The van der Waals surface area contributed by atoms with Crippen LogP contribution in [0.2, 0.25) is 0 Å². The molecule has 0 spiro atoms. The van der Waals surface area contributed by atoms with Gasteiger partial charge in [0.25, 0.3) is 0 Å². The van der Waals surface area contributed by atoms with Gasteiger partial charge in [-0.25, -0.2) is 0 Å². The van der Waals surface area contributed by atoms with Gasteiger partial charge in [0.1, 0.15) is 0 Å². The smallest absolute Gasteiger partial charge is 0.0586 e. The van der Waals surface area contributed by atoms with E-state index in [0.29, 0.717) is 5.41 Å². The van der Waals surface area contributed by atoms with Crippen molar-refractivity contribution < 1.29 is 5.11 Å². The SMILES string of the molecule is Cc1ccccc1CC(O)CC12CC3CC(CC(C3)C1)C2. The minimum atomic E-state index is -0.151. The average Bonchev–Trinajstić information content (AvgIpc) is 2.39. The van der Waals surface area contributed by atoms with Crippen LogP contribution >= 0.6 is 0 Å². The predicted molar refractivity (Wildman–Crippen MR) is 86.1 cm³/mol. The van der Waals surface area contributed by atoms with Gasteiger partial charge in [-0.15, -0.1) is 0 Å². The van der Waals surface area contributed by atoms with Crippen molar-refractivity contribution in [2.75, 3.05) is 0 Å². The van der Waals surface area contributed by atoms with Crippen molar-refractivity contribution in [2.24, 2.45) is 23.2 Å². The van der Waals surface area contributed by atoms with Crippen LogP contribution in [0.4, 0.5) is 0 Å². The monoisotopic (exact) mass is 284 g/mol. The molecule has 5 rings (SSSR count). The molecule has 0 aliphatic heterocycles. The van der Waals surface area contributed by atoms with E-state index in [1.165, 1.54) is 49.7 Å². The molecule has 0 heterocycles. The third-order valence-electron chi connectivity index (χ3n) is 6.55. The van der Waals surface area contributed by atoms with Crippen molar-refractivity contribution in [2.45, 2.75) is 64.4 Å². The Morgan fingerprint density at radius 2 is 1.62 bits per heavy atom. The quantitative estimate of drug-likeness (QED) is 0.863. The fraction of sp³-hybridized carbons (Fsp3) is 0.700. The molecule has 1 heteroatoms. The fourth-order valence-corrected chi connectivity index (χ4v) is 6.20. The van der Waals surface area contributed by atoms with Crippen LogP contribution in [0, 0.1) is 30.1 Å². The molecule has 1 atom stereocenters. The maximum Gasteiger partial charge on any atom is 0.0586 e. The Bertz CT molecular complexity index is 483. The number of rotatable bonds is 4. The van der Waals surface area contributed by atoms with E-state index in [9.17, 15) is 5.11 Å². The van der Waals surface area contributed by atoms with E-state index in [0.717, 1.165) is 30.6 Å². The molecule has 4 saturated carbocycles. The topological polar surface area (TPSA) is 20.2 Å². The van der Waals surface area contributed by atoms with Gasteiger partial charge in [-0.05, 0) is 92.6 Å². The molecule has 1 aromatic carbocycles. The second-order valence-corrected chi connectivity index (χ2v) is 8.41. The van der Waals surface area contributed by atoms with Crippen LogP contribution in [0.1, 0.15) is 56.1 Å². The van der Waals surface area contributed by atoms with Crippen LogP contribution in [-0.4, -0.2) is 11.2 Å². The highest BCUT2D eigenvalue weighted by Crippen LogP contribution is 2.61. The van der Waals surface area contributed by atoms with Crippen LogP contribution in [0.25, 0.3) is 0 Å². The zero-order valence-corrected chi connectivity index (χ0v) is 13.2. The number of benzene rings is 1. The van der Waals surface area contributed by atoms with Crippen molar-refractivity contribution in [1.29, 1.82) is 0 Å². The van der Waals surface area contributed by atoms with Crippen LogP contribution in [0.15, 0.2) is 24.3 Å². The zero-order valence-electron chi connectivity index (χ0n) is 13.2. The molecule has 1 unspecified atom stereocenters. The minimum Gasteiger partial charge on any atom is -0.393 e. The fourth-order valence-electron chi connectivity index (χ4n) is 6.20. The molecule has 21 heavy (non-hydrogen) atoms. The number of hydrogen-bond donors (Lipinski definition) is 1. The molecule has 0 saturated heterocycles. The van der Waals surface area contributed by atoms with Gasteiger partial charge in [0, 0.05) is 0 Å². The lowest BCUT2D eigenvalue weighted by atomic mass is 9.48. The Kier molecular flexibility index (Phi) is 3.37. The van der Waals surface area contributed by atoms with E-state index in [-0.39, 0.29) is 6.10 Å². The average molecular weight is 284 g/mol. The van der Waals surface area contributed by atoms with Gasteiger partial charge < -0.3 is 5.11 Å². The molecule has 4 bridgehead atoms. The van der Waals surface area contributed by atoms with Gasteiger partial charge in [-0.1, -0.05) is 24.3 Å². The van der Waals surface area contributed by atoms with Crippen molar-refractivity contribution >= 4 is 0 Å². The van der Waals surface area contributed by atoms with Crippen LogP contribution in [0.3, 0.4) is 0 Å². The first-order chi connectivity index (χ1) is 10.1. The van der Waals surface area contributed by atoms with Crippen molar-refractivity contribution in [3.63, 3.8) is 0 Å². The molecule has 0 amide bonds. The van der Waals surface area contributed by atoms with E-state index in [2.05, 4.69) is 31.2 Å². The summed E-state index contributed by atoms with van der Waals surface area (Å²) in [6, 6.07) is 8.52. The number of aliphatic hydroxyl groups is 1. The van der Waals surface area contributed by atoms with Crippen LogP contribution in [0.5, 0.6) is 0 Å². The van der Waals surface area contributed by atoms with Crippen molar-refractivity contribution in [3.8, 4) is 0 Å². The second kappa shape index (κ2) is 5.12. The van der Waals surface area contributed by atoms with Crippen LogP contribution in [-0.2, 0) is 6.42 Å². The summed E-state index contributed by atoms with van der Waals surface area (Å²) in [7, 11) is 0. The lowest BCUT2D eigenvalue weighted by molar-refractivity contribution is -0.0756. The molecule has 0 aromatic heterocycles. The number of aliphatic hydroxyl groups excluding tert-OH is 1. The highest BCUT2D eigenvalue weighted by atomic mass is 16.3. The molecular weight excluding hydrogens is 256 g/mol. The normalized spacial score (nSPS) is 38.7. The summed E-state index contributed by atoms with van der Waals surface area (Å²) < 4.78 is 0. The zero-order chi connectivity index (χ0) is 14.4. The van der Waals surface area contributed by atoms with E-state index in [4.69, 9.17) is 0 Å². The summed E-state index contributed by atoms with van der Waals surface area (Å²) >= 11 is 0. The first kappa shape index (κ1) is 13.8. The lowest BCUT2D eigenvalue weighted by Gasteiger charge is -2.57. The summed E-state index contributed by atoms with van der Waals surface area (Å²) in [6.07, 6.45) is 10.4. The third-order valence-corrected chi connectivity index (χ3v) is 6.55. The Morgan fingerprint density at radius 1 is 1.05 bits per heavy atom. The maximum atomic E-state index is 10.7. The molecule has 4 aliphatic carbocycles. The summed E-state index contributed by atoms with van der Waals surface area (Å²) in [5.74, 6) is 2.96. The number of hydrogen-bond acceptors (Lipinski definition) is 1. The van der Waals surface area contributed by atoms with Crippen LogP contribution < -0.4 is 0 Å². The van der Waals surface area contributed by atoms with Gasteiger partial charge >= 0.3 is 0 Å². The first-order valence-electron chi connectivity index (χ1n) is 8.84. The standard InChI is InChI=1S/C20H28O/c1-14-4-2-3-5-18(14)9-19(21)13-20-10-15-6-16(11-20)8-17(7-15)12-20/h2-5,15-17,19,21H,6-13H2,1H3. The molecule has 1 N–H and O–H groups in total. The maximum absolute atomic E-state index is 10.7. The summed E-state index contributed by atoms with van der Waals surface area (Å²) in [4.78, 5) is 0. The van der Waals surface area contributed by atoms with E-state index in [1.54, 1.807) is 0 Å². The first-order valence-corrected chi connectivity index (χ1v) is 8.84. The van der Waals surface area contributed by atoms with Gasteiger partial charge in [-0.3, -0.25) is 0 Å². The molecule has 0 radical (unpaired) electrons. The van der Waals surface area contributed by atoms with Gasteiger partial charge in [0.15, 0.2) is 0 Å². The van der Waals surface area contributed by atoms with E-state index >= 15 is 0 Å². The molecule has 114 valence electrons. The summed E-state index contributed by atoms with van der Waals surface area (Å²) in [6.45, 7) is 2.16. The highest BCUT2D eigenvalue weighted by molar-refractivity contribution is 5.26. The third kappa shape index (κ3) is 2.65.